The molecule has 30 heavy (non-hydrogen) atoms. The molecule has 2 aromatic rings. The van der Waals surface area contributed by atoms with Crippen molar-refractivity contribution in [2.45, 2.75) is 19.5 Å². The Kier molecular flexibility index (Phi) is 11.0. The van der Waals surface area contributed by atoms with Crippen LogP contribution in [0.25, 0.3) is 0 Å². The Hall–Kier alpha value is -2.49. The molecule has 0 radical (unpaired) electrons. The molecule has 0 aliphatic carbocycles. The number of guanidine groups is 1. The Labute approximate surface area is 195 Å². The lowest BCUT2D eigenvalue weighted by Gasteiger charge is -2.19. The number of hydrogen-bond donors (Lipinski definition) is 2. The standard InChI is InChI=1S/C22H30N4O3.HI/c1-16(18-9-7-6-8-10-18)25-22(24-15-21(27)26(2)3)23-14-17-11-12-19(28-4)20(13-17)29-5;/h6-13,16H,14-15H2,1-5H3,(H2,23,24,25);1H. The number of carbonyl (C=O) groups excluding carboxylic acids is 1. The lowest BCUT2D eigenvalue weighted by Crippen LogP contribution is -2.43. The van der Waals surface area contributed by atoms with Crippen molar-refractivity contribution in [3.8, 4) is 11.5 Å². The van der Waals surface area contributed by atoms with Gasteiger partial charge in [-0.2, -0.15) is 0 Å². The van der Waals surface area contributed by atoms with Crippen molar-refractivity contribution in [2.24, 2.45) is 4.99 Å². The average Bonchev–Trinajstić information content (AvgIpc) is 2.75. The van der Waals surface area contributed by atoms with Crippen molar-refractivity contribution >= 4 is 35.8 Å². The molecule has 2 N–H and O–H groups in total. The maximum atomic E-state index is 12.0. The van der Waals surface area contributed by atoms with Gasteiger partial charge in [-0.15, -0.1) is 24.0 Å². The molecule has 0 spiro atoms. The molecule has 0 aliphatic heterocycles. The number of aliphatic imine (C=N–C) groups is 1. The van der Waals surface area contributed by atoms with Crippen LogP contribution in [0.15, 0.2) is 53.5 Å². The summed E-state index contributed by atoms with van der Waals surface area (Å²) in [6.45, 7) is 2.64. The molecular weight excluding hydrogens is 495 g/mol. The van der Waals surface area contributed by atoms with Gasteiger partial charge in [0.15, 0.2) is 17.5 Å². The first-order valence-electron chi connectivity index (χ1n) is 9.45. The minimum atomic E-state index is -0.0296. The molecule has 0 saturated carbocycles. The molecular formula is C22H31IN4O3. The summed E-state index contributed by atoms with van der Waals surface area (Å²) in [6, 6.07) is 15.8. The average molecular weight is 526 g/mol. The second kappa shape index (κ2) is 12.9. The minimum absolute atomic E-state index is 0. The molecule has 0 saturated heterocycles. The van der Waals surface area contributed by atoms with Gasteiger partial charge in [-0.25, -0.2) is 4.99 Å². The normalized spacial score (nSPS) is 11.7. The van der Waals surface area contributed by atoms with Crippen LogP contribution in [0.5, 0.6) is 11.5 Å². The minimum Gasteiger partial charge on any atom is -0.493 e. The number of rotatable bonds is 8. The van der Waals surface area contributed by atoms with E-state index in [0.29, 0.717) is 24.0 Å². The molecule has 2 aromatic carbocycles. The van der Waals surface area contributed by atoms with Crippen molar-refractivity contribution in [2.75, 3.05) is 34.9 Å². The zero-order valence-corrected chi connectivity index (χ0v) is 20.5. The van der Waals surface area contributed by atoms with E-state index in [1.165, 1.54) is 0 Å². The summed E-state index contributed by atoms with van der Waals surface area (Å²) in [7, 11) is 6.66. The number of nitrogens with one attached hydrogen (secondary N) is 2. The molecule has 0 aromatic heterocycles. The predicted octanol–water partition coefficient (Wildman–Crippen LogP) is 3.21. The summed E-state index contributed by atoms with van der Waals surface area (Å²) < 4.78 is 10.6. The molecule has 1 atom stereocenters. The summed E-state index contributed by atoms with van der Waals surface area (Å²) in [5.41, 5.74) is 2.10. The first kappa shape index (κ1) is 25.5. The summed E-state index contributed by atoms with van der Waals surface area (Å²) in [6.07, 6.45) is 0. The molecule has 7 nitrogen and oxygen atoms in total. The number of carbonyl (C=O) groups is 1. The summed E-state index contributed by atoms with van der Waals surface area (Å²) in [5, 5.41) is 6.48. The number of halogens is 1. The number of amides is 1. The van der Waals surface area contributed by atoms with E-state index in [0.717, 1.165) is 11.1 Å². The van der Waals surface area contributed by atoms with Gasteiger partial charge in [0.1, 0.15) is 0 Å². The Bertz CT molecular complexity index is 828. The highest BCUT2D eigenvalue weighted by atomic mass is 127. The van der Waals surface area contributed by atoms with Crippen molar-refractivity contribution in [1.29, 1.82) is 0 Å². The highest BCUT2D eigenvalue weighted by molar-refractivity contribution is 14.0. The number of methoxy groups -OCH3 is 2. The van der Waals surface area contributed by atoms with E-state index in [1.54, 1.807) is 33.2 Å². The summed E-state index contributed by atoms with van der Waals surface area (Å²) in [5.74, 6) is 1.86. The van der Waals surface area contributed by atoms with E-state index in [9.17, 15) is 4.79 Å². The van der Waals surface area contributed by atoms with Crippen LogP contribution in [0.3, 0.4) is 0 Å². The van der Waals surface area contributed by atoms with E-state index in [2.05, 4.69) is 34.7 Å². The smallest absolute Gasteiger partial charge is 0.241 e. The largest absolute Gasteiger partial charge is 0.493 e. The summed E-state index contributed by atoms with van der Waals surface area (Å²) >= 11 is 0. The second-order valence-electron chi connectivity index (χ2n) is 6.77. The lowest BCUT2D eigenvalue weighted by molar-refractivity contribution is -0.127. The molecule has 0 bridgehead atoms. The maximum Gasteiger partial charge on any atom is 0.241 e. The van der Waals surface area contributed by atoms with Crippen LogP contribution in [-0.4, -0.2) is 51.6 Å². The van der Waals surface area contributed by atoms with E-state index < -0.39 is 0 Å². The predicted molar refractivity (Wildman–Crippen MR) is 131 cm³/mol. The third-order valence-electron chi connectivity index (χ3n) is 4.43. The molecule has 0 heterocycles. The zero-order valence-electron chi connectivity index (χ0n) is 18.1. The fraction of sp³-hybridized carbons (Fsp3) is 0.364. The van der Waals surface area contributed by atoms with Crippen LogP contribution in [0, 0.1) is 0 Å². The van der Waals surface area contributed by atoms with Gasteiger partial charge in [0, 0.05) is 14.1 Å². The lowest BCUT2D eigenvalue weighted by atomic mass is 10.1. The SMILES string of the molecule is COc1ccc(CN=C(NCC(=O)N(C)C)NC(C)c2ccccc2)cc1OC.I. The van der Waals surface area contributed by atoms with Crippen molar-refractivity contribution in [3.63, 3.8) is 0 Å². The van der Waals surface area contributed by atoms with Crippen molar-refractivity contribution < 1.29 is 14.3 Å². The molecule has 8 heteroatoms. The number of ether oxygens (including phenoxy) is 2. The quantitative estimate of drug-likeness (QED) is 0.314. The third kappa shape index (κ3) is 7.74. The fourth-order valence-electron chi connectivity index (χ4n) is 2.65. The molecule has 1 amide bonds. The van der Waals surface area contributed by atoms with E-state index in [4.69, 9.17) is 9.47 Å². The first-order chi connectivity index (χ1) is 13.9. The topological polar surface area (TPSA) is 75.2 Å². The highest BCUT2D eigenvalue weighted by Crippen LogP contribution is 2.27. The number of hydrogen-bond acceptors (Lipinski definition) is 4. The molecule has 2 rings (SSSR count). The number of likely N-dealkylation sites (N-methyl/N-ethyl adjacent to an activating group) is 1. The van der Waals surface area contributed by atoms with Crippen LogP contribution in [-0.2, 0) is 11.3 Å². The van der Waals surface area contributed by atoms with Crippen LogP contribution in [0.4, 0.5) is 0 Å². The maximum absolute atomic E-state index is 12.0. The molecule has 0 aliphatic rings. The van der Waals surface area contributed by atoms with Gasteiger partial charge in [0.05, 0.1) is 33.4 Å². The van der Waals surface area contributed by atoms with Gasteiger partial charge in [-0.1, -0.05) is 36.4 Å². The molecule has 0 fully saturated rings. The Balaban J connectivity index is 0.00000450. The van der Waals surface area contributed by atoms with Crippen LogP contribution >= 0.6 is 24.0 Å². The van der Waals surface area contributed by atoms with E-state index in [1.807, 2.05) is 36.4 Å². The molecule has 1 unspecified atom stereocenters. The Morgan fingerprint density at radius 2 is 1.73 bits per heavy atom. The second-order valence-corrected chi connectivity index (χ2v) is 6.77. The highest BCUT2D eigenvalue weighted by Gasteiger charge is 2.11. The summed E-state index contributed by atoms with van der Waals surface area (Å²) in [4.78, 5) is 18.2. The fourth-order valence-corrected chi connectivity index (χ4v) is 2.65. The van der Waals surface area contributed by atoms with Gasteiger partial charge in [0.25, 0.3) is 0 Å². The van der Waals surface area contributed by atoms with E-state index in [-0.39, 0.29) is 42.5 Å². The van der Waals surface area contributed by atoms with Gasteiger partial charge >= 0.3 is 0 Å². The van der Waals surface area contributed by atoms with Crippen molar-refractivity contribution in [1.82, 2.24) is 15.5 Å². The van der Waals surface area contributed by atoms with Crippen LogP contribution < -0.4 is 20.1 Å². The Morgan fingerprint density at radius 3 is 2.33 bits per heavy atom. The zero-order chi connectivity index (χ0) is 21.2. The Morgan fingerprint density at radius 1 is 1.07 bits per heavy atom. The monoisotopic (exact) mass is 526 g/mol. The van der Waals surface area contributed by atoms with Crippen LogP contribution in [0.1, 0.15) is 24.1 Å². The number of benzene rings is 2. The van der Waals surface area contributed by atoms with Gasteiger partial charge in [-0.05, 0) is 30.2 Å². The van der Waals surface area contributed by atoms with Gasteiger partial charge in [-0.3, -0.25) is 4.79 Å². The van der Waals surface area contributed by atoms with Gasteiger partial charge in [0.2, 0.25) is 5.91 Å². The number of nitrogens with zero attached hydrogens (tertiary/aromatic N) is 2. The third-order valence-corrected chi connectivity index (χ3v) is 4.43. The van der Waals surface area contributed by atoms with E-state index >= 15 is 0 Å². The molecule has 164 valence electrons. The van der Waals surface area contributed by atoms with Crippen LogP contribution in [0.2, 0.25) is 0 Å². The first-order valence-corrected chi connectivity index (χ1v) is 9.45. The van der Waals surface area contributed by atoms with Gasteiger partial charge < -0.3 is 25.0 Å². The van der Waals surface area contributed by atoms with Crippen molar-refractivity contribution in [3.05, 3.63) is 59.7 Å².